The van der Waals surface area contributed by atoms with Gasteiger partial charge in [-0.1, -0.05) is 135 Å². The summed E-state index contributed by atoms with van der Waals surface area (Å²) in [5.74, 6) is 0.616. The van der Waals surface area contributed by atoms with Gasteiger partial charge in [0.25, 0.3) is 0 Å². The van der Waals surface area contributed by atoms with Crippen molar-refractivity contribution in [3.05, 3.63) is 57.6 Å². The first-order valence-corrected chi connectivity index (χ1v) is 18.1. The zero-order chi connectivity index (χ0) is 35.1. The molecule has 8 heteroatoms. The molecule has 45 heavy (non-hydrogen) atoms. The van der Waals surface area contributed by atoms with Crippen LogP contribution in [-0.2, 0) is 28.1 Å². The standard InChI is InChI=1S/C37H60F2O4P2/c1-32(2,3)22-36(13,14)28-20-26(34(7,8)9)18-24(30(28)42-44(38)40)17-25-19-27(35(10,11)12)21-29(31(25)43-45(39)41)37(15,16)23-33(4,5)6/h18-21,40-41H,17,22-23H2,1-16H3. The van der Waals surface area contributed by atoms with Crippen molar-refractivity contribution in [2.45, 2.75) is 152 Å². The molecule has 0 aliphatic carbocycles. The van der Waals surface area contributed by atoms with Crippen LogP contribution in [-0.4, -0.2) is 9.79 Å². The number of benzene rings is 2. The molecule has 0 bridgehead atoms. The Morgan fingerprint density at radius 3 is 1.04 bits per heavy atom. The topological polar surface area (TPSA) is 58.9 Å². The van der Waals surface area contributed by atoms with Gasteiger partial charge in [-0.05, 0) is 67.6 Å². The normalized spacial score (nSPS) is 15.2. The first kappa shape index (κ1) is 39.9. The lowest BCUT2D eigenvalue weighted by molar-refractivity contribution is 0.279. The third kappa shape index (κ3) is 11.4. The van der Waals surface area contributed by atoms with E-state index in [0.29, 0.717) is 22.6 Å². The Hall–Kier alpha value is -1.32. The molecule has 0 amide bonds. The van der Waals surface area contributed by atoms with Crippen LogP contribution in [0.3, 0.4) is 0 Å². The molecule has 2 unspecified atom stereocenters. The first-order chi connectivity index (χ1) is 19.9. The first-order valence-electron chi connectivity index (χ1n) is 15.9. The van der Waals surface area contributed by atoms with Crippen LogP contribution in [0.2, 0.25) is 0 Å². The lowest BCUT2D eigenvalue weighted by Gasteiger charge is -2.37. The quantitative estimate of drug-likeness (QED) is 0.247. The summed E-state index contributed by atoms with van der Waals surface area (Å²) < 4.78 is 40.4. The molecule has 0 aliphatic heterocycles. The van der Waals surface area contributed by atoms with E-state index in [1.165, 1.54) is 0 Å². The highest BCUT2D eigenvalue weighted by atomic mass is 31.2. The fourth-order valence-corrected chi connectivity index (χ4v) is 7.66. The summed E-state index contributed by atoms with van der Waals surface area (Å²) in [6.45, 7) is 34.3. The van der Waals surface area contributed by atoms with E-state index in [2.05, 4.69) is 123 Å². The SMILES string of the molecule is CC(C)(C)CC(C)(C)c1cc(C(C)(C)C)cc(Cc2cc(C(C)(C)C)cc(C(C)(C)CC(C)(C)C)c2OP(O)F)c1OP(O)F. The van der Waals surface area contributed by atoms with Gasteiger partial charge in [-0.3, -0.25) is 0 Å². The van der Waals surface area contributed by atoms with Gasteiger partial charge in [0.15, 0.2) is 0 Å². The summed E-state index contributed by atoms with van der Waals surface area (Å²) in [5.41, 5.74) is 3.65. The monoisotopic (exact) mass is 668 g/mol. The Morgan fingerprint density at radius 2 is 0.822 bits per heavy atom. The Kier molecular flexibility index (Phi) is 12.1. The minimum absolute atomic E-state index is 0.0344. The number of hydrogen-bond donors (Lipinski definition) is 2. The highest BCUT2D eigenvalue weighted by molar-refractivity contribution is 7.40. The largest absolute Gasteiger partial charge is 0.436 e. The van der Waals surface area contributed by atoms with Crippen molar-refractivity contribution in [3.63, 3.8) is 0 Å². The smallest absolute Gasteiger partial charge is 0.423 e. The van der Waals surface area contributed by atoms with E-state index in [4.69, 9.17) is 9.05 Å². The maximum Gasteiger partial charge on any atom is 0.436 e. The maximum atomic E-state index is 14.5. The average molecular weight is 669 g/mol. The summed E-state index contributed by atoms with van der Waals surface area (Å²) in [4.78, 5) is 20.0. The van der Waals surface area contributed by atoms with E-state index in [1.54, 1.807) is 0 Å². The van der Waals surface area contributed by atoms with Crippen molar-refractivity contribution in [2.24, 2.45) is 10.8 Å². The molecular weight excluding hydrogens is 608 g/mol. The van der Waals surface area contributed by atoms with Crippen molar-refractivity contribution < 1.29 is 27.2 Å². The number of rotatable bonds is 10. The fourth-order valence-electron chi connectivity index (χ4n) is 6.93. The maximum absolute atomic E-state index is 14.5. The van der Waals surface area contributed by atoms with Crippen LogP contribution in [0.4, 0.5) is 8.39 Å². The van der Waals surface area contributed by atoms with Crippen LogP contribution in [0.1, 0.15) is 157 Å². The summed E-state index contributed by atoms with van der Waals surface area (Å²) in [6, 6.07) is 8.18. The summed E-state index contributed by atoms with van der Waals surface area (Å²) in [6.07, 6.45) is 1.80. The molecule has 0 radical (unpaired) electrons. The lowest BCUT2D eigenvalue weighted by Crippen LogP contribution is -2.27. The molecule has 0 heterocycles. The number of hydrogen-bond acceptors (Lipinski definition) is 4. The molecule has 0 fully saturated rings. The van der Waals surface area contributed by atoms with Gasteiger partial charge in [0.2, 0.25) is 0 Å². The molecule has 2 aromatic rings. The van der Waals surface area contributed by atoms with Gasteiger partial charge in [-0.15, -0.1) is 8.39 Å². The molecule has 0 saturated carbocycles. The molecule has 0 spiro atoms. The van der Waals surface area contributed by atoms with E-state index in [-0.39, 0.29) is 28.1 Å². The van der Waals surface area contributed by atoms with Crippen molar-refractivity contribution in [1.82, 2.24) is 0 Å². The molecular formula is C37H60F2O4P2. The average Bonchev–Trinajstić information content (AvgIpc) is 2.75. The lowest BCUT2D eigenvalue weighted by atomic mass is 9.69. The second-order valence-electron chi connectivity index (χ2n) is 18.6. The predicted molar refractivity (Wildman–Crippen MR) is 189 cm³/mol. The summed E-state index contributed by atoms with van der Waals surface area (Å²) in [5, 5.41) is 0. The van der Waals surface area contributed by atoms with Gasteiger partial charge in [0.05, 0.1) is 0 Å². The zero-order valence-electron chi connectivity index (χ0n) is 30.8. The Morgan fingerprint density at radius 1 is 0.533 bits per heavy atom. The van der Waals surface area contributed by atoms with Gasteiger partial charge in [0, 0.05) is 17.5 Å². The van der Waals surface area contributed by atoms with Crippen molar-refractivity contribution in [1.29, 1.82) is 0 Å². The third-order valence-corrected chi connectivity index (χ3v) is 8.85. The molecule has 2 atom stereocenters. The minimum Gasteiger partial charge on any atom is -0.423 e. The van der Waals surface area contributed by atoms with E-state index >= 15 is 0 Å². The molecule has 256 valence electrons. The minimum atomic E-state index is -3.22. The van der Waals surface area contributed by atoms with Gasteiger partial charge in [-0.2, -0.15) is 0 Å². The van der Waals surface area contributed by atoms with Gasteiger partial charge in [0.1, 0.15) is 11.5 Å². The zero-order valence-corrected chi connectivity index (χ0v) is 32.6. The molecule has 2 aromatic carbocycles. The number of halogens is 2. The van der Waals surface area contributed by atoms with Gasteiger partial charge < -0.3 is 18.8 Å². The molecule has 2 rings (SSSR count). The molecule has 4 nitrogen and oxygen atoms in total. The molecule has 2 N–H and O–H groups in total. The fraction of sp³-hybridized carbons (Fsp3) is 0.676. The molecule has 0 aliphatic rings. The van der Waals surface area contributed by atoms with Crippen LogP contribution >= 0.6 is 17.4 Å². The Balaban J connectivity index is 3.09. The highest BCUT2D eigenvalue weighted by Gasteiger charge is 2.36. The van der Waals surface area contributed by atoms with Gasteiger partial charge >= 0.3 is 17.4 Å². The van der Waals surface area contributed by atoms with E-state index in [0.717, 1.165) is 35.1 Å². The second-order valence-corrected chi connectivity index (χ2v) is 19.8. The predicted octanol–water partition coefficient (Wildman–Crippen LogP) is 12.4. The van der Waals surface area contributed by atoms with Crippen LogP contribution in [0, 0.1) is 10.8 Å². The second kappa shape index (κ2) is 13.7. The van der Waals surface area contributed by atoms with Crippen molar-refractivity contribution >= 4 is 17.4 Å². The van der Waals surface area contributed by atoms with Crippen molar-refractivity contribution in [3.8, 4) is 11.5 Å². The highest BCUT2D eigenvalue weighted by Crippen LogP contribution is 2.51. The Bertz CT molecular complexity index is 1220. The van der Waals surface area contributed by atoms with Crippen LogP contribution in [0.15, 0.2) is 24.3 Å². The van der Waals surface area contributed by atoms with Crippen LogP contribution < -0.4 is 9.05 Å². The van der Waals surface area contributed by atoms with Crippen LogP contribution in [0.25, 0.3) is 0 Å². The van der Waals surface area contributed by atoms with Crippen LogP contribution in [0.5, 0.6) is 11.5 Å². The van der Waals surface area contributed by atoms with E-state index in [9.17, 15) is 18.2 Å². The van der Waals surface area contributed by atoms with E-state index < -0.39 is 28.2 Å². The molecule has 0 aromatic heterocycles. The Labute approximate surface area is 275 Å². The van der Waals surface area contributed by atoms with E-state index in [1.807, 2.05) is 12.1 Å². The summed E-state index contributed by atoms with van der Waals surface area (Å²) in [7, 11) is -6.43. The van der Waals surface area contributed by atoms with Crippen molar-refractivity contribution in [2.75, 3.05) is 0 Å². The molecule has 0 saturated heterocycles. The third-order valence-electron chi connectivity index (χ3n) is 8.18. The van der Waals surface area contributed by atoms with Gasteiger partial charge in [-0.25, -0.2) is 0 Å². The summed E-state index contributed by atoms with van der Waals surface area (Å²) >= 11 is 0.